The SMILES string of the molecule is CCCC(=O)Nc1ccc(C(=O)C(C)Sc2nnnn2Cc2ccccc2)cc1. The summed E-state index contributed by atoms with van der Waals surface area (Å²) in [5.41, 5.74) is 2.36. The van der Waals surface area contributed by atoms with Gasteiger partial charge in [-0.15, -0.1) is 5.10 Å². The number of carbonyl (C=O) groups excluding carboxylic acids is 2. The number of hydrogen-bond donors (Lipinski definition) is 1. The van der Waals surface area contributed by atoms with Gasteiger partial charge in [0, 0.05) is 17.7 Å². The Kier molecular flexibility index (Phi) is 7.13. The Hall–Kier alpha value is -3.00. The monoisotopic (exact) mass is 409 g/mol. The van der Waals surface area contributed by atoms with E-state index in [-0.39, 0.29) is 16.9 Å². The van der Waals surface area contributed by atoms with Crippen LogP contribution in [0.25, 0.3) is 0 Å². The van der Waals surface area contributed by atoms with Crippen molar-refractivity contribution in [3.05, 3.63) is 65.7 Å². The normalized spacial score (nSPS) is 11.8. The molecule has 2 aromatic carbocycles. The van der Waals surface area contributed by atoms with Crippen LogP contribution in [0, 0.1) is 0 Å². The van der Waals surface area contributed by atoms with Gasteiger partial charge in [0.2, 0.25) is 11.1 Å². The lowest BCUT2D eigenvalue weighted by Gasteiger charge is -2.11. The molecule has 0 fully saturated rings. The van der Waals surface area contributed by atoms with Crippen molar-refractivity contribution in [3.8, 4) is 0 Å². The predicted octanol–water partition coefficient (Wildman–Crippen LogP) is 3.82. The van der Waals surface area contributed by atoms with Crippen molar-refractivity contribution in [1.82, 2.24) is 20.2 Å². The standard InChI is InChI=1S/C21H23N5O2S/c1-3-7-19(27)22-18-12-10-17(11-13-18)20(28)15(2)29-21-23-24-25-26(21)14-16-8-5-4-6-9-16/h4-6,8-13,15H,3,7,14H2,1-2H3,(H,22,27). The third-order valence-electron chi connectivity index (χ3n) is 4.26. The van der Waals surface area contributed by atoms with Crippen molar-refractivity contribution >= 4 is 29.1 Å². The summed E-state index contributed by atoms with van der Waals surface area (Å²) >= 11 is 1.33. The second-order valence-corrected chi connectivity index (χ2v) is 7.91. The van der Waals surface area contributed by atoms with Crippen LogP contribution in [0.1, 0.15) is 42.6 Å². The summed E-state index contributed by atoms with van der Waals surface area (Å²) in [6, 6.07) is 16.9. The minimum absolute atomic E-state index is 0.0179. The Bertz CT molecular complexity index is 957. The Labute approximate surface area is 173 Å². The van der Waals surface area contributed by atoms with Crippen LogP contribution in [0.3, 0.4) is 0 Å². The number of carbonyl (C=O) groups is 2. The highest BCUT2D eigenvalue weighted by Gasteiger charge is 2.20. The molecule has 0 spiro atoms. The van der Waals surface area contributed by atoms with Crippen LogP contribution in [0.5, 0.6) is 0 Å². The fourth-order valence-corrected chi connectivity index (χ4v) is 3.62. The predicted molar refractivity (Wildman–Crippen MR) is 113 cm³/mol. The largest absolute Gasteiger partial charge is 0.326 e. The van der Waals surface area contributed by atoms with Gasteiger partial charge in [0.05, 0.1) is 11.8 Å². The number of thioether (sulfide) groups is 1. The van der Waals surface area contributed by atoms with Gasteiger partial charge >= 0.3 is 0 Å². The number of hydrogen-bond acceptors (Lipinski definition) is 6. The summed E-state index contributed by atoms with van der Waals surface area (Å²) in [6.45, 7) is 4.34. The Balaban J connectivity index is 1.62. The zero-order valence-corrected chi connectivity index (χ0v) is 17.2. The van der Waals surface area contributed by atoms with Crippen molar-refractivity contribution in [1.29, 1.82) is 0 Å². The van der Waals surface area contributed by atoms with E-state index in [2.05, 4.69) is 20.8 Å². The van der Waals surface area contributed by atoms with Crippen LogP contribution >= 0.6 is 11.8 Å². The molecule has 7 nitrogen and oxygen atoms in total. The number of benzene rings is 2. The maximum absolute atomic E-state index is 12.8. The minimum atomic E-state index is -0.351. The first-order chi connectivity index (χ1) is 14.1. The summed E-state index contributed by atoms with van der Waals surface area (Å²) < 4.78 is 1.69. The molecule has 0 bridgehead atoms. The van der Waals surface area contributed by atoms with Gasteiger partial charge in [0.1, 0.15) is 0 Å². The molecular formula is C21H23N5O2S. The summed E-state index contributed by atoms with van der Waals surface area (Å²) in [6.07, 6.45) is 1.27. The Morgan fingerprint density at radius 1 is 1.10 bits per heavy atom. The Morgan fingerprint density at radius 2 is 1.83 bits per heavy atom. The summed E-state index contributed by atoms with van der Waals surface area (Å²) in [5, 5.41) is 14.9. The molecule has 0 aliphatic heterocycles. The number of Topliss-reactive ketones (excluding diaryl/α,β-unsaturated/α-hetero) is 1. The van der Waals surface area contributed by atoms with E-state index in [1.165, 1.54) is 11.8 Å². The number of tetrazole rings is 1. The van der Waals surface area contributed by atoms with E-state index in [9.17, 15) is 9.59 Å². The molecule has 29 heavy (non-hydrogen) atoms. The molecule has 0 aliphatic rings. The van der Waals surface area contributed by atoms with Gasteiger partial charge in [-0.2, -0.15) is 0 Å². The molecule has 1 atom stereocenters. The molecule has 1 amide bonds. The highest BCUT2D eigenvalue weighted by molar-refractivity contribution is 8.00. The molecule has 1 unspecified atom stereocenters. The molecule has 0 aliphatic carbocycles. The van der Waals surface area contributed by atoms with E-state index in [1.54, 1.807) is 28.9 Å². The van der Waals surface area contributed by atoms with Gasteiger partial charge in [0.15, 0.2) is 5.78 Å². The van der Waals surface area contributed by atoms with E-state index < -0.39 is 0 Å². The summed E-state index contributed by atoms with van der Waals surface area (Å²) in [4.78, 5) is 24.5. The first-order valence-corrected chi connectivity index (χ1v) is 10.4. The highest BCUT2D eigenvalue weighted by atomic mass is 32.2. The molecule has 1 N–H and O–H groups in total. The fraction of sp³-hybridized carbons (Fsp3) is 0.286. The molecule has 0 saturated carbocycles. The molecule has 1 heterocycles. The number of nitrogens with one attached hydrogen (secondary N) is 1. The maximum Gasteiger partial charge on any atom is 0.224 e. The number of rotatable bonds is 9. The van der Waals surface area contributed by atoms with Crippen molar-refractivity contribution in [2.24, 2.45) is 0 Å². The first-order valence-electron chi connectivity index (χ1n) is 9.47. The number of amides is 1. The molecule has 1 aromatic heterocycles. The molecule has 8 heteroatoms. The van der Waals surface area contributed by atoms with E-state index in [0.29, 0.717) is 29.4 Å². The first kappa shape index (κ1) is 20.7. The molecule has 150 valence electrons. The average Bonchev–Trinajstić information content (AvgIpc) is 3.15. The average molecular weight is 410 g/mol. The minimum Gasteiger partial charge on any atom is -0.326 e. The third kappa shape index (κ3) is 5.74. The molecular weight excluding hydrogens is 386 g/mol. The summed E-state index contributed by atoms with van der Waals surface area (Å²) in [7, 11) is 0. The van der Waals surface area contributed by atoms with Crippen molar-refractivity contribution in [3.63, 3.8) is 0 Å². The molecule has 0 saturated heterocycles. The van der Waals surface area contributed by atoms with Crippen molar-refractivity contribution < 1.29 is 9.59 Å². The van der Waals surface area contributed by atoms with Crippen LogP contribution in [0.2, 0.25) is 0 Å². The van der Waals surface area contributed by atoms with Gasteiger partial charge in [-0.05, 0) is 53.6 Å². The van der Waals surface area contributed by atoms with Gasteiger partial charge in [0.25, 0.3) is 0 Å². The second kappa shape index (κ2) is 9.97. The van der Waals surface area contributed by atoms with Crippen molar-refractivity contribution in [2.45, 2.75) is 43.6 Å². The van der Waals surface area contributed by atoms with Gasteiger partial charge < -0.3 is 5.32 Å². The summed E-state index contributed by atoms with van der Waals surface area (Å²) in [5.74, 6) is -0.0450. The smallest absolute Gasteiger partial charge is 0.224 e. The molecule has 3 aromatic rings. The van der Waals surface area contributed by atoms with E-state index >= 15 is 0 Å². The van der Waals surface area contributed by atoms with Crippen LogP contribution < -0.4 is 5.32 Å². The second-order valence-electron chi connectivity index (χ2n) is 6.60. The lowest BCUT2D eigenvalue weighted by molar-refractivity contribution is -0.116. The van der Waals surface area contributed by atoms with Crippen LogP contribution in [-0.2, 0) is 11.3 Å². The molecule has 0 radical (unpaired) electrons. The lowest BCUT2D eigenvalue weighted by Crippen LogP contribution is -2.15. The number of nitrogens with zero attached hydrogens (tertiary/aromatic N) is 4. The van der Waals surface area contributed by atoms with Gasteiger partial charge in [-0.1, -0.05) is 49.0 Å². The zero-order chi connectivity index (χ0) is 20.6. The zero-order valence-electron chi connectivity index (χ0n) is 16.4. The van der Waals surface area contributed by atoms with Crippen LogP contribution in [0.4, 0.5) is 5.69 Å². The topological polar surface area (TPSA) is 89.8 Å². The van der Waals surface area contributed by atoms with Crippen molar-refractivity contribution in [2.75, 3.05) is 5.32 Å². The van der Waals surface area contributed by atoms with Crippen LogP contribution in [0.15, 0.2) is 59.8 Å². The molecule has 3 rings (SSSR count). The van der Waals surface area contributed by atoms with E-state index in [0.717, 1.165) is 12.0 Å². The van der Waals surface area contributed by atoms with Crippen LogP contribution in [-0.4, -0.2) is 37.1 Å². The number of aromatic nitrogens is 4. The van der Waals surface area contributed by atoms with Gasteiger partial charge in [-0.25, -0.2) is 4.68 Å². The maximum atomic E-state index is 12.8. The van der Waals surface area contributed by atoms with Gasteiger partial charge in [-0.3, -0.25) is 9.59 Å². The lowest BCUT2D eigenvalue weighted by atomic mass is 10.1. The number of anilines is 1. The fourth-order valence-electron chi connectivity index (χ4n) is 2.75. The quantitative estimate of drug-likeness (QED) is 0.427. The highest BCUT2D eigenvalue weighted by Crippen LogP contribution is 2.24. The van der Waals surface area contributed by atoms with E-state index in [1.807, 2.05) is 44.2 Å². The third-order valence-corrected chi connectivity index (χ3v) is 5.33. The van der Waals surface area contributed by atoms with E-state index in [4.69, 9.17) is 0 Å². The Morgan fingerprint density at radius 3 is 2.52 bits per heavy atom. The number of ketones is 1.